The lowest BCUT2D eigenvalue weighted by Crippen LogP contribution is -2.32. The van der Waals surface area contributed by atoms with Gasteiger partial charge in [0, 0.05) is 34.6 Å². The third-order valence-corrected chi connectivity index (χ3v) is 8.51. The van der Waals surface area contributed by atoms with Gasteiger partial charge in [0.1, 0.15) is 5.65 Å². The number of aromatic nitrogens is 2. The minimum atomic E-state index is -0.131. The topological polar surface area (TPSA) is 46.9 Å². The molecule has 6 rings (SSSR count). The monoisotopic (exact) mass is 535 g/mol. The first-order chi connectivity index (χ1) is 19.0. The number of pyridine rings is 1. The Morgan fingerprint density at radius 2 is 1.67 bits per heavy atom. The van der Waals surface area contributed by atoms with Gasteiger partial charge in [-0.15, -0.1) is 0 Å². The van der Waals surface area contributed by atoms with Crippen molar-refractivity contribution in [2.45, 2.75) is 58.5 Å². The van der Waals surface area contributed by atoms with E-state index in [9.17, 15) is 4.79 Å². The zero-order valence-electron chi connectivity index (χ0n) is 22.6. The number of carbonyl (C=O) groups is 1. The van der Waals surface area contributed by atoms with Gasteiger partial charge in [0.05, 0.1) is 11.4 Å². The molecule has 1 fully saturated rings. The third kappa shape index (κ3) is 5.18. The van der Waals surface area contributed by atoms with E-state index in [1.807, 2.05) is 24.3 Å². The van der Waals surface area contributed by atoms with Crippen LogP contribution in [-0.2, 0) is 17.9 Å². The Kier molecular flexibility index (Phi) is 7.14. The maximum Gasteiger partial charge on any atom is 0.228 e. The summed E-state index contributed by atoms with van der Waals surface area (Å²) in [5.41, 5.74) is 7.88. The van der Waals surface area contributed by atoms with Crippen LogP contribution >= 0.6 is 11.6 Å². The second kappa shape index (κ2) is 10.9. The molecule has 2 heterocycles. The van der Waals surface area contributed by atoms with Crippen LogP contribution in [0.1, 0.15) is 59.5 Å². The van der Waals surface area contributed by atoms with E-state index in [4.69, 9.17) is 16.6 Å². The molecule has 1 amide bonds. The molecular weight excluding hydrogens is 502 g/mol. The highest BCUT2D eigenvalue weighted by Gasteiger charge is 2.32. The van der Waals surface area contributed by atoms with Crippen molar-refractivity contribution < 1.29 is 4.79 Å². The molecule has 3 aromatic carbocycles. The van der Waals surface area contributed by atoms with Crippen molar-refractivity contribution >= 4 is 39.4 Å². The fourth-order valence-electron chi connectivity index (χ4n) is 6.38. The first-order valence-corrected chi connectivity index (χ1v) is 14.3. The Bertz CT molecular complexity index is 1630. The van der Waals surface area contributed by atoms with Crippen molar-refractivity contribution in [1.82, 2.24) is 14.9 Å². The van der Waals surface area contributed by atoms with Crippen molar-refractivity contribution in [2.24, 2.45) is 5.92 Å². The van der Waals surface area contributed by atoms with Crippen LogP contribution in [0.15, 0.2) is 78.9 Å². The number of hydrogen-bond acceptors (Lipinski definition) is 2. The van der Waals surface area contributed by atoms with E-state index in [1.54, 1.807) is 0 Å². The fraction of sp³-hybridized carbons (Fsp3) is 0.294. The van der Waals surface area contributed by atoms with Crippen molar-refractivity contribution in [3.05, 3.63) is 112 Å². The Labute approximate surface area is 235 Å². The molecule has 1 atom stereocenters. The molecule has 0 aliphatic heterocycles. The van der Waals surface area contributed by atoms with Gasteiger partial charge in [0.15, 0.2) is 0 Å². The second-order valence-electron chi connectivity index (χ2n) is 11.0. The van der Waals surface area contributed by atoms with Gasteiger partial charge < -0.3 is 9.88 Å². The number of benzene rings is 3. The number of nitrogens with zero attached hydrogens (tertiary/aromatic N) is 2. The summed E-state index contributed by atoms with van der Waals surface area (Å²) >= 11 is 6.03. The molecule has 0 radical (unpaired) electrons. The van der Waals surface area contributed by atoms with Crippen molar-refractivity contribution in [3.63, 3.8) is 0 Å². The predicted octanol–water partition coefficient (Wildman–Crippen LogP) is 8.10. The maximum atomic E-state index is 13.5. The zero-order chi connectivity index (χ0) is 26.9. The number of aryl methyl sites for hydroxylation is 2. The molecule has 198 valence electrons. The van der Waals surface area contributed by atoms with Gasteiger partial charge in [-0.2, -0.15) is 0 Å². The van der Waals surface area contributed by atoms with Gasteiger partial charge >= 0.3 is 0 Å². The molecule has 39 heavy (non-hydrogen) atoms. The first kappa shape index (κ1) is 25.6. The largest absolute Gasteiger partial charge is 0.351 e. The number of hydrogen-bond donors (Lipinski definition) is 1. The zero-order valence-corrected chi connectivity index (χ0v) is 23.3. The van der Waals surface area contributed by atoms with E-state index in [1.165, 1.54) is 40.3 Å². The molecule has 0 bridgehead atoms. The number of para-hydroxylation sites is 1. The highest BCUT2D eigenvalue weighted by Crippen LogP contribution is 2.38. The van der Waals surface area contributed by atoms with Crippen LogP contribution in [-0.4, -0.2) is 15.5 Å². The normalized spacial score (nSPS) is 14.7. The summed E-state index contributed by atoms with van der Waals surface area (Å²) in [4.78, 5) is 18.5. The molecule has 4 nitrogen and oxygen atoms in total. The molecule has 5 aromatic rings. The Hall–Kier alpha value is -3.63. The van der Waals surface area contributed by atoms with Gasteiger partial charge in [-0.3, -0.25) is 4.79 Å². The highest BCUT2D eigenvalue weighted by atomic mass is 35.5. The van der Waals surface area contributed by atoms with Crippen LogP contribution in [0.5, 0.6) is 0 Å². The van der Waals surface area contributed by atoms with E-state index in [0.29, 0.717) is 17.5 Å². The Morgan fingerprint density at radius 3 is 2.41 bits per heavy atom. The maximum absolute atomic E-state index is 13.5. The molecular formula is C34H34ClN3O. The number of fused-ring (bicyclic) bond motifs is 3. The van der Waals surface area contributed by atoms with Gasteiger partial charge in [-0.05, 0) is 79.1 Å². The number of rotatable bonds is 7. The summed E-state index contributed by atoms with van der Waals surface area (Å²) in [7, 11) is 0. The lowest BCUT2D eigenvalue weighted by atomic mass is 9.83. The van der Waals surface area contributed by atoms with E-state index in [2.05, 4.69) is 78.3 Å². The molecule has 1 N–H and O–H groups in total. The Balaban J connectivity index is 1.27. The quantitative estimate of drug-likeness (QED) is 0.229. The third-order valence-electron chi connectivity index (χ3n) is 8.26. The highest BCUT2D eigenvalue weighted by molar-refractivity contribution is 6.30. The predicted molar refractivity (Wildman–Crippen MR) is 160 cm³/mol. The minimum Gasteiger partial charge on any atom is -0.351 e. The van der Waals surface area contributed by atoms with Crippen molar-refractivity contribution in [2.75, 3.05) is 0 Å². The number of halogens is 1. The molecule has 0 unspecified atom stereocenters. The minimum absolute atomic E-state index is 0.113. The van der Waals surface area contributed by atoms with E-state index in [-0.39, 0.29) is 11.8 Å². The molecule has 0 spiro atoms. The molecule has 1 aliphatic carbocycles. The van der Waals surface area contributed by atoms with Gasteiger partial charge in [-0.25, -0.2) is 4.98 Å². The Morgan fingerprint density at radius 1 is 0.974 bits per heavy atom. The van der Waals surface area contributed by atoms with Crippen LogP contribution in [0.2, 0.25) is 5.02 Å². The summed E-state index contributed by atoms with van der Waals surface area (Å²) in [6, 6.07) is 27.1. The second-order valence-corrected chi connectivity index (χ2v) is 11.4. The van der Waals surface area contributed by atoms with Crippen LogP contribution < -0.4 is 5.32 Å². The van der Waals surface area contributed by atoms with Crippen LogP contribution in [0.4, 0.5) is 0 Å². The smallest absolute Gasteiger partial charge is 0.228 e. The van der Waals surface area contributed by atoms with E-state index in [0.717, 1.165) is 41.9 Å². The molecule has 2 aromatic heterocycles. The summed E-state index contributed by atoms with van der Waals surface area (Å²) < 4.78 is 2.33. The van der Waals surface area contributed by atoms with Gasteiger partial charge in [0.25, 0.3) is 0 Å². The summed E-state index contributed by atoms with van der Waals surface area (Å²) in [5, 5.41) is 6.38. The number of amides is 1. The average molecular weight is 536 g/mol. The first-order valence-electron chi connectivity index (χ1n) is 13.9. The van der Waals surface area contributed by atoms with Gasteiger partial charge in [-0.1, -0.05) is 79.0 Å². The average Bonchev–Trinajstić information content (AvgIpc) is 3.57. The lowest BCUT2D eigenvalue weighted by Gasteiger charge is -2.23. The summed E-state index contributed by atoms with van der Waals surface area (Å²) in [6.45, 7) is 5.47. The summed E-state index contributed by atoms with van der Waals surface area (Å²) in [5.74, 6) is 0.366. The molecule has 5 heteroatoms. The number of carbonyl (C=O) groups excluding carboxylic acids is 1. The van der Waals surface area contributed by atoms with Crippen LogP contribution in [0.25, 0.3) is 21.9 Å². The van der Waals surface area contributed by atoms with Gasteiger partial charge in [0.2, 0.25) is 5.91 Å². The molecule has 0 saturated heterocycles. The summed E-state index contributed by atoms with van der Waals surface area (Å²) in [6.07, 6.45) is 4.60. The SMILES string of the molecule is Cc1cc(C)c2c3ccccc3n(Cc3ccc([C@@H](C(=O)NCc4ccc(Cl)cc4)C4CCCC4)cc3)c2n1. The van der Waals surface area contributed by atoms with E-state index >= 15 is 0 Å². The fourth-order valence-corrected chi connectivity index (χ4v) is 6.51. The van der Waals surface area contributed by atoms with Crippen LogP contribution in [0, 0.1) is 19.8 Å². The lowest BCUT2D eigenvalue weighted by molar-refractivity contribution is -0.123. The molecule has 1 saturated carbocycles. The molecule has 1 aliphatic rings. The standard InChI is InChI=1S/C34H34ClN3O/c1-22-19-23(2)37-33-31(22)29-9-5-6-10-30(29)38(33)21-25-11-15-27(16-12-25)32(26-7-3-4-8-26)34(39)36-20-24-13-17-28(35)18-14-24/h5-6,9-19,26,32H,3-4,7-8,20-21H2,1-2H3,(H,36,39)/t32-/m0/s1. The van der Waals surface area contributed by atoms with Crippen LogP contribution in [0.3, 0.4) is 0 Å². The van der Waals surface area contributed by atoms with Crippen molar-refractivity contribution in [3.8, 4) is 0 Å². The van der Waals surface area contributed by atoms with Crippen molar-refractivity contribution in [1.29, 1.82) is 0 Å². The van der Waals surface area contributed by atoms with E-state index < -0.39 is 0 Å². The number of nitrogens with one attached hydrogen (secondary N) is 1.